The first-order valence-corrected chi connectivity index (χ1v) is 9.98. The maximum absolute atomic E-state index is 6.18. The zero-order chi connectivity index (χ0) is 16.2. The molecule has 2 fully saturated rings. The Kier molecular flexibility index (Phi) is 6.10. The second kappa shape index (κ2) is 8.08. The van der Waals surface area contributed by atoms with Crippen molar-refractivity contribution in [2.45, 2.75) is 63.7 Å². The van der Waals surface area contributed by atoms with Gasteiger partial charge in [0.25, 0.3) is 0 Å². The highest BCUT2D eigenvalue weighted by Crippen LogP contribution is 2.44. The van der Waals surface area contributed by atoms with E-state index >= 15 is 0 Å². The molecule has 0 bridgehead atoms. The molecule has 2 heteroatoms. The van der Waals surface area contributed by atoms with Gasteiger partial charge in [-0.05, 0) is 99.2 Å². The van der Waals surface area contributed by atoms with Gasteiger partial charge in [0.05, 0.1) is 10.0 Å². The SMILES string of the molecule is C=CC[C@H]1CC[C@H](C2CCC(c3ccc(Cl)c(Cl)c3)CC2)CC1. The van der Waals surface area contributed by atoms with Crippen LogP contribution < -0.4 is 0 Å². The Labute approximate surface area is 151 Å². The molecule has 2 saturated carbocycles. The van der Waals surface area contributed by atoms with E-state index in [9.17, 15) is 0 Å². The second-order valence-electron chi connectivity index (χ2n) is 7.59. The van der Waals surface area contributed by atoms with Crippen molar-refractivity contribution in [2.75, 3.05) is 0 Å². The molecule has 0 aliphatic heterocycles. The van der Waals surface area contributed by atoms with Crippen LogP contribution in [0, 0.1) is 17.8 Å². The van der Waals surface area contributed by atoms with Crippen LogP contribution in [-0.4, -0.2) is 0 Å². The Morgan fingerprint density at radius 3 is 2.04 bits per heavy atom. The molecule has 0 atom stereocenters. The Bertz CT molecular complexity index is 521. The normalized spacial score (nSPS) is 31.7. The van der Waals surface area contributed by atoms with E-state index in [1.807, 2.05) is 6.07 Å². The third kappa shape index (κ3) is 4.34. The molecular formula is C21H28Cl2. The summed E-state index contributed by atoms with van der Waals surface area (Å²) in [5.41, 5.74) is 1.38. The average Bonchev–Trinajstić information content (AvgIpc) is 2.59. The lowest BCUT2D eigenvalue weighted by molar-refractivity contribution is 0.161. The van der Waals surface area contributed by atoms with Gasteiger partial charge in [0.2, 0.25) is 0 Å². The van der Waals surface area contributed by atoms with Gasteiger partial charge in [-0.1, -0.05) is 35.3 Å². The average molecular weight is 351 g/mol. The minimum atomic E-state index is 0.667. The van der Waals surface area contributed by atoms with E-state index in [1.54, 1.807) is 0 Å². The van der Waals surface area contributed by atoms with E-state index in [0.717, 1.165) is 17.8 Å². The van der Waals surface area contributed by atoms with Crippen LogP contribution in [0.2, 0.25) is 10.0 Å². The lowest BCUT2D eigenvalue weighted by Crippen LogP contribution is -2.25. The van der Waals surface area contributed by atoms with Crippen molar-refractivity contribution in [2.24, 2.45) is 17.8 Å². The highest BCUT2D eigenvalue weighted by Gasteiger charge is 2.31. The van der Waals surface area contributed by atoms with Crippen LogP contribution in [0.4, 0.5) is 0 Å². The zero-order valence-corrected chi connectivity index (χ0v) is 15.5. The molecule has 23 heavy (non-hydrogen) atoms. The third-order valence-corrected chi connectivity index (χ3v) is 6.98. The fraction of sp³-hybridized carbons (Fsp3) is 0.619. The summed E-state index contributed by atoms with van der Waals surface area (Å²) in [6.07, 6.45) is 14.5. The fourth-order valence-electron chi connectivity index (χ4n) is 4.82. The molecule has 0 unspecified atom stereocenters. The van der Waals surface area contributed by atoms with Gasteiger partial charge in [-0.2, -0.15) is 0 Å². The van der Waals surface area contributed by atoms with Gasteiger partial charge in [0.1, 0.15) is 0 Å². The molecule has 2 aliphatic carbocycles. The van der Waals surface area contributed by atoms with Gasteiger partial charge in [-0.15, -0.1) is 6.58 Å². The molecule has 0 aromatic heterocycles. The number of allylic oxidation sites excluding steroid dienone is 1. The first kappa shape index (κ1) is 17.4. The van der Waals surface area contributed by atoms with E-state index < -0.39 is 0 Å². The molecule has 0 nitrogen and oxygen atoms in total. The number of benzene rings is 1. The first-order valence-electron chi connectivity index (χ1n) is 9.23. The van der Waals surface area contributed by atoms with Crippen LogP contribution in [0.1, 0.15) is 69.3 Å². The summed E-state index contributed by atoms with van der Waals surface area (Å²) in [5, 5.41) is 1.37. The second-order valence-corrected chi connectivity index (χ2v) is 8.40. The maximum Gasteiger partial charge on any atom is 0.0595 e. The zero-order valence-electron chi connectivity index (χ0n) is 13.9. The Morgan fingerprint density at radius 2 is 1.48 bits per heavy atom. The van der Waals surface area contributed by atoms with Gasteiger partial charge in [-0.25, -0.2) is 0 Å². The van der Waals surface area contributed by atoms with Gasteiger partial charge in [-0.3, -0.25) is 0 Å². The molecular weight excluding hydrogens is 323 g/mol. The van der Waals surface area contributed by atoms with E-state index in [1.165, 1.54) is 63.4 Å². The minimum absolute atomic E-state index is 0.667. The summed E-state index contributed by atoms with van der Waals surface area (Å²) < 4.78 is 0. The van der Waals surface area contributed by atoms with Crippen molar-refractivity contribution in [3.63, 3.8) is 0 Å². The molecule has 3 rings (SSSR count). The predicted octanol–water partition coefficient (Wildman–Crippen LogP) is 7.65. The summed E-state index contributed by atoms with van der Waals surface area (Å²) in [6.45, 7) is 3.89. The highest BCUT2D eigenvalue weighted by molar-refractivity contribution is 6.42. The quantitative estimate of drug-likeness (QED) is 0.489. The van der Waals surface area contributed by atoms with Crippen molar-refractivity contribution in [1.29, 1.82) is 0 Å². The fourth-order valence-corrected chi connectivity index (χ4v) is 5.13. The van der Waals surface area contributed by atoms with Crippen LogP contribution in [0.3, 0.4) is 0 Å². The molecule has 0 saturated heterocycles. The van der Waals surface area contributed by atoms with Crippen LogP contribution in [0.15, 0.2) is 30.9 Å². The van der Waals surface area contributed by atoms with Crippen LogP contribution in [0.25, 0.3) is 0 Å². The molecule has 0 spiro atoms. The molecule has 0 amide bonds. The lowest BCUT2D eigenvalue weighted by Gasteiger charge is -2.38. The molecule has 126 valence electrons. The first-order chi connectivity index (χ1) is 11.2. The monoisotopic (exact) mass is 350 g/mol. The molecule has 0 heterocycles. The van der Waals surface area contributed by atoms with Crippen molar-refractivity contribution >= 4 is 23.2 Å². The molecule has 0 N–H and O–H groups in total. The largest absolute Gasteiger partial charge is 0.103 e. The summed E-state index contributed by atoms with van der Waals surface area (Å²) in [6, 6.07) is 6.20. The highest BCUT2D eigenvalue weighted by atomic mass is 35.5. The standard InChI is InChI=1S/C21H28Cl2/c1-2-3-15-4-6-16(7-5-15)17-8-10-18(11-9-17)19-12-13-20(22)21(23)14-19/h2,12-18H,1,3-11H2/t15-,16-,17?,18?. The van der Waals surface area contributed by atoms with Gasteiger partial charge >= 0.3 is 0 Å². The minimum Gasteiger partial charge on any atom is -0.103 e. The molecule has 1 aromatic rings. The van der Waals surface area contributed by atoms with Gasteiger partial charge in [0, 0.05) is 0 Å². The van der Waals surface area contributed by atoms with Crippen molar-refractivity contribution in [3.05, 3.63) is 46.5 Å². The summed E-state index contributed by atoms with van der Waals surface area (Å²) in [5.74, 6) is 3.53. The predicted molar refractivity (Wildman–Crippen MR) is 101 cm³/mol. The lowest BCUT2D eigenvalue weighted by atomic mass is 9.68. The van der Waals surface area contributed by atoms with Crippen LogP contribution in [-0.2, 0) is 0 Å². The number of halogens is 2. The van der Waals surface area contributed by atoms with Crippen molar-refractivity contribution in [3.8, 4) is 0 Å². The van der Waals surface area contributed by atoms with E-state index in [4.69, 9.17) is 23.2 Å². The smallest absolute Gasteiger partial charge is 0.0595 e. The van der Waals surface area contributed by atoms with E-state index in [2.05, 4.69) is 24.8 Å². The summed E-state index contributed by atoms with van der Waals surface area (Å²) >= 11 is 12.2. The number of hydrogen-bond donors (Lipinski definition) is 0. The third-order valence-electron chi connectivity index (χ3n) is 6.24. The van der Waals surface area contributed by atoms with Crippen LogP contribution in [0.5, 0.6) is 0 Å². The Balaban J connectivity index is 1.50. The Morgan fingerprint density at radius 1 is 0.870 bits per heavy atom. The molecule has 1 aromatic carbocycles. The summed E-state index contributed by atoms with van der Waals surface area (Å²) in [7, 11) is 0. The topological polar surface area (TPSA) is 0 Å². The van der Waals surface area contributed by atoms with Crippen molar-refractivity contribution < 1.29 is 0 Å². The molecule has 0 radical (unpaired) electrons. The van der Waals surface area contributed by atoms with Gasteiger partial charge in [0.15, 0.2) is 0 Å². The molecule has 2 aliphatic rings. The van der Waals surface area contributed by atoms with Crippen LogP contribution >= 0.6 is 23.2 Å². The summed E-state index contributed by atoms with van der Waals surface area (Å²) in [4.78, 5) is 0. The Hall–Kier alpha value is -0.460. The van der Waals surface area contributed by atoms with Gasteiger partial charge < -0.3 is 0 Å². The van der Waals surface area contributed by atoms with Crippen molar-refractivity contribution in [1.82, 2.24) is 0 Å². The number of hydrogen-bond acceptors (Lipinski definition) is 0. The maximum atomic E-state index is 6.18. The van der Waals surface area contributed by atoms with E-state index in [0.29, 0.717) is 16.0 Å². The van der Waals surface area contributed by atoms with E-state index in [-0.39, 0.29) is 0 Å². The number of rotatable bonds is 4.